The highest BCUT2D eigenvalue weighted by atomic mass is 16.1. The van der Waals surface area contributed by atoms with Crippen molar-refractivity contribution in [3.8, 4) is 0 Å². The highest BCUT2D eigenvalue weighted by Crippen LogP contribution is 2.21. The van der Waals surface area contributed by atoms with E-state index in [1.165, 1.54) is 5.56 Å². The van der Waals surface area contributed by atoms with E-state index in [-0.39, 0.29) is 5.91 Å². The van der Waals surface area contributed by atoms with Crippen LogP contribution in [0.1, 0.15) is 23.6 Å². The van der Waals surface area contributed by atoms with Crippen LogP contribution >= 0.6 is 0 Å². The minimum Gasteiger partial charge on any atom is -0.331 e. The first kappa shape index (κ1) is 20.9. The standard InChI is InChI=1S/C27H27N5O/c1-19-28-22-10-6-7-11-25(22)32(19)17-16-27(33)29-21-13-14-24-23(18-21)30-26(31(24)2)15-12-20-8-4-3-5-9-20/h3-11,13-14,18H,12,15-17H2,1-2H3,(H,29,33). The van der Waals surface area contributed by atoms with Crippen LogP contribution in [0, 0.1) is 6.92 Å². The largest absolute Gasteiger partial charge is 0.331 e. The Morgan fingerprint density at radius 1 is 0.879 bits per heavy atom. The SMILES string of the molecule is Cc1nc2ccccc2n1CCC(=O)Nc1ccc2c(c1)nc(CCc1ccccc1)n2C. The molecule has 0 aliphatic carbocycles. The third-order valence-electron chi connectivity index (χ3n) is 6.15. The fourth-order valence-electron chi connectivity index (χ4n) is 4.37. The molecule has 2 aromatic heterocycles. The van der Waals surface area contributed by atoms with Gasteiger partial charge in [-0.25, -0.2) is 9.97 Å². The first-order chi connectivity index (χ1) is 16.1. The number of hydrogen-bond acceptors (Lipinski definition) is 3. The van der Waals surface area contributed by atoms with Gasteiger partial charge in [-0.05, 0) is 49.2 Å². The first-order valence-corrected chi connectivity index (χ1v) is 11.3. The number of imidazole rings is 2. The van der Waals surface area contributed by atoms with Gasteiger partial charge in [0, 0.05) is 32.1 Å². The predicted octanol–water partition coefficient (Wildman–Crippen LogP) is 5.05. The molecule has 2 heterocycles. The smallest absolute Gasteiger partial charge is 0.226 e. The number of fused-ring (bicyclic) bond motifs is 2. The van der Waals surface area contributed by atoms with E-state index >= 15 is 0 Å². The molecule has 0 spiro atoms. The van der Waals surface area contributed by atoms with Crippen LogP contribution in [0.3, 0.4) is 0 Å². The van der Waals surface area contributed by atoms with Gasteiger partial charge in [-0.15, -0.1) is 0 Å². The zero-order chi connectivity index (χ0) is 22.8. The molecular weight excluding hydrogens is 410 g/mol. The van der Waals surface area contributed by atoms with Gasteiger partial charge in [-0.2, -0.15) is 0 Å². The Morgan fingerprint density at radius 2 is 1.67 bits per heavy atom. The molecule has 6 nitrogen and oxygen atoms in total. The molecule has 0 saturated heterocycles. The van der Waals surface area contributed by atoms with Crippen molar-refractivity contribution in [1.82, 2.24) is 19.1 Å². The van der Waals surface area contributed by atoms with E-state index in [0.717, 1.165) is 52.2 Å². The van der Waals surface area contributed by atoms with Crippen LogP contribution in [-0.2, 0) is 31.2 Å². The topological polar surface area (TPSA) is 64.7 Å². The molecule has 0 bridgehead atoms. The Kier molecular flexibility index (Phi) is 5.65. The Labute approximate surface area is 192 Å². The molecule has 5 aromatic rings. The van der Waals surface area contributed by atoms with Crippen molar-refractivity contribution < 1.29 is 4.79 Å². The molecule has 0 aliphatic rings. The maximum atomic E-state index is 12.7. The molecular formula is C27H27N5O. The summed E-state index contributed by atoms with van der Waals surface area (Å²) in [5, 5.41) is 3.03. The summed E-state index contributed by atoms with van der Waals surface area (Å²) in [6.07, 6.45) is 2.20. The minimum absolute atomic E-state index is 0.0215. The summed E-state index contributed by atoms with van der Waals surface area (Å²) >= 11 is 0. The van der Waals surface area contributed by atoms with Gasteiger partial charge >= 0.3 is 0 Å². The lowest BCUT2D eigenvalue weighted by molar-refractivity contribution is -0.116. The molecule has 0 aliphatic heterocycles. The van der Waals surface area contributed by atoms with Gasteiger partial charge in [0.05, 0.1) is 22.1 Å². The van der Waals surface area contributed by atoms with E-state index in [0.29, 0.717) is 13.0 Å². The van der Waals surface area contributed by atoms with Crippen LogP contribution in [0.4, 0.5) is 5.69 Å². The van der Waals surface area contributed by atoms with E-state index in [1.54, 1.807) is 0 Å². The lowest BCUT2D eigenvalue weighted by atomic mass is 10.1. The fraction of sp³-hybridized carbons (Fsp3) is 0.222. The lowest BCUT2D eigenvalue weighted by Gasteiger charge is -2.08. The van der Waals surface area contributed by atoms with Crippen molar-refractivity contribution >= 4 is 33.7 Å². The van der Waals surface area contributed by atoms with E-state index < -0.39 is 0 Å². The van der Waals surface area contributed by atoms with Crippen molar-refractivity contribution in [1.29, 1.82) is 0 Å². The number of carbonyl (C=O) groups excluding carboxylic acids is 1. The number of benzene rings is 3. The Balaban J connectivity index is 1.26. The maximum absolute atomic E-state index is 12.7. The van der Waals surface area contributed by atoms with Crippen molar-refractivity contribution in [3.05, 3.63) is 90.0 Å². The average molecular weight is 438 g/mol. The van der Waals surface area contributed by atoms with Gasteiger partial charge in [-0.1, -0.05) is 42.5 Å². The predicted molar refractivity (Wildman–Crippen MR) is 132 cm³/mol. The second-order valence-electron chi connectivity index (χ2n) is 8.37. The number of hydrogen-bond donors (Lipinski definition) is 1. The quantitative estimate of drug-likeness (QED) is 0.388. The molecule has 6 heteroatoms. The zero-order valence-electron chi connectivity index (χ0n) is 19.0. The molecule has 1 N–H and O–H groups in total. The summed E-state index contributed by atoms with van der Waals surface area (Å²) in [4.78, 5) is 22.1. The van der Waals surface area contributed by atoms with Crippen LogP contribution < -0.4 is 5.32 Å². The third-order valence-corrected chi connectivity index (χ3v) is 6.15. The van der Waals surface area contributed by atoms with Crippen LogP contribution in [0.25, 0.3) is 22.1 Å². The summed E-state index contributed by atoms with van der Waals surface area (Å²) in [6, 6.07) is 24.4. The number of carbonyl (C=O) groups is 1. The average Bonchev–Trinajstić information content (AvgIpc) is 3.32. The zero-order valence-corrected chi connectivity index (χ0v) is 19.0. The summed E-state index contributed by atoms with van der Waals surface area (Å²) in [5.74, 6) is 1.94. The normalized spacial score (nSPS) is 11.3. The van der Waals surface area contributed by atoms with Crippen molar-refractivity contribution in [2.45, 2.75) is 32.7 Å². The summed E-state index contributed by atoms with van der Waals surface area (Å²) < 4.78 is 4.23. The molecule has 0 saturated carbocycles. The van der Waals surface area contributed by atoms with Crippen LogP contribution in [0.5, 0.6) is 0 Å². The van der Waals surface area contributed by atoms with Crippen LogP contribution in [0.2, 0.25) is 0 Å². The fourth-order valence-corrected chi connectivity index (χ4v) is 4.37. The number of amides is 1. The van der Waals surface area contributed by atoms with Gasteiger partial charge < -0.3 is 14.5 Å². The summed E-state index contributed by atoms with van der Waals surface area (Å²) in [6.45, 7) is 2.57. The lowest BCUT2D eigenvalue weighted by Crippen LogP contribution is -2.15. The Hall–Kier alpha value is -3.93. The van der Waals surface area contributed by atoms with Crippen LogP contribution in [-0.4, -0.2) is 25.0 Å². The van der Waals surface area contributed by atoms with Crippen LogP contribution in [0.15, 0.2) is 72.8 Å². The van der Waals surface area contributed by atoms with Gasteiger partial charge in [0.1, 0.15) is 11.6 Å². The first-order valence-electron chi connectivity index (χ1n) is 11.3. The monoisotopic (exact) mass is 437 g/mol. The summed E-state index contributed by atoms with van der Waals surface area (Å²) in [5.41, 5.74) is 6.05. The molecule has 0 atom stereocenters. The van der Waals surface area contributed by atoms with Crippen molar-refractivity contribution in [2.75, 3.05) is 5.32 Å². The minimum atomic E-state index is -0.0215. The number of nitrogens with zero attached hydrogens (tertiary/aromatic N) is 4. The molecule has 0 fully saturated rings. The highest BCUT2D eigenvalue weighted by Gasteiger charge is 2.12. The number of aromatic nitrogens is 4. The molecule has 33 heavy (non-hydrogen) atoms. The van der Waals surface area contributed by atoms with E-state index in [9.17, 15) is 4.79 Å². The Bertz CT molecular complexity index is 1430. The van der Waals surface area contributed by atoms with E-state index in [2.05, 4.69) is 43.7 Å². The molecule has 0 unspecified atom stereocenters. The molecule has 5 rings (SSSR count). The van der Waals surface area contributed by atoms with Gasteiger partial charge in [-0.3, -0.25) is 4.79 Å². The second kappa shape index (κ2) is 8.90. The number of rotatable bonds is 7. The van der Waals surface area contributed by atoms with Gasteiger partial charge in [0.25, 0.3) is 0 Å². The Morgan fingerprint density at radius 3 is 2.52 bits per heavy atom. The summed E-state index contributed by atoms with van der Waals surface area (Å²) in [7, 11) is 2.05. The number of aryl methyl sites for hydroxylation is 5. The highest BCUT2D eigenvalue weighted by molar-refractivity contribution is 5.93. The van der Waals surface area contributed by atoms with Crippen molar-refractivity contribution in [2.24, 2.45) is 7.05 Å². The van der Waals surface area contributed by atoms with Crippen molar-refractivity contribution in [3.63, 3.8) is 0 Å². The molecule has 3 aromatic carbocycles. The maximum Gasteiger partial charge on any atom is 0.226 e. The second-order valence-corrected chi connectivity index (χ2v) is 8.37. The third kappa shape index (κ3) is 4.37. The molecule has 0 radical (unpaired) electrons. The molecule has 166 valence electrons. The van der Waals surface area contributed by atoms with E-state index in [1.807, 2.05) is 62.5 Å². The number of anilines is 1. The van der Waals surface area contributed by atoms with Gasteiger partial charge in [0.15, 0.2) is 0 Å². The molecule has 1 amide bonds. The number of nitrogens with one attached hydrogen (secondary N) is 1. The van der Waals surface area contributed by atoms with Gasteiger partial charge in [0.2, 0.25) is 5.91 Å². The van der Waals surface area contributed by atoms with E-state index in [4.69, 9.17) is 4.98 Å². The number of para-hydroxylation sites is 2.